The summed E-state index contributed by atoms with van der Waals surface area (Å²) in [5.41, 5.74) is 7.10. The summed E-state index contributed by atoms with van der Waals surface area (Å²) in [7, 11) is 0. The van der Waals surface area contributed by atoms with Crippen LogP contribution in [-0.2, 0) is 11.2 Å². The van der Waals surface area contributed by atoms with Gasteiger partial charge in [0.2, 0.25) is 5.91 Å². The summed E-state index contributed by atoms with van der Waals surface area (Å²) in [5.74, 6) is 0.188. The topological polar surface area (TPSA) is 41.1 Å². The van der Waals surface area contributed by atoms with Crippen molar-refractivity contribution in [2.75, 3.05) is 6.54 Å². The highest BCUT2D eigenvalue weighted by atomic mass is 16.2. The maximum absolute atomic E-state index is 11.6. The van der Waals surface area contributed by atoms with Crippen LogP contribution in [0.3, 0.4) is 0 Å². The first-order chi connectivity index (χ1) is 8.74. The first-order valence-corrected chi connectivity index (χ1v) is 6.80. The number of aryl methyl sites for hydroxylation is 1. The van der Waals surface area contributed by atoms with Gasteiger partial charge in [-0.15, -0.1) is 0 Å². The lowest BCUT2D eigenvalue weighted by atomic mass is 10.1. The van der Waals surface area contributed by atoms with Gasteiger partial charge in [-0.1, -0.05) is 50.6 Å². The molecule has 0 aliphatic carbocycles. The second-order valence-corrected chi connectivity index (χ2v) is 4.69. The minimum Gasteiger partial charge on any atom is -0.291 e. The lowest BCUT2D eigenvalue weighted by molar-refractivity contribution is -0.125. The summed E-state index contributed by atoms with van der Waals surface area (Å²) in [4.78, 5) is 11.6. The minimum absolute atomic E-state index is 0.0940. The zero-order valence-electron chi connectivity index (χ0n) is 11.4. The largest absolute Gasteiger partial charge is 0.291 e. The van der Waals surface area contributed by atoms with Crippen LogP contribution in [-0.4, -0.2) is 12.5 Å². The molecule has 0 saturated carbocycles. The van der Waals surface area contributed by atoms with E-state index in [1.807, 2.05) is 13.0 Å². The van der Waals surface area contributed by atoms with E-state index in [0.717, 1.165) is 32.2 Å². The standard InChI is InChI=1S/C15H24N2O/c1-3-8-13(2)15(18)17-16-12-7-11-14-9-5-4-6-10-14/h4-6,9-10,13,16H,3,7-8,11-12H2,1-2H3,(H,17,18). The molecule has 0 bridgehead atoms. The molecule has 0 radical (unpaired) electrons. The average Bonchev–Trinajstić information content (AvgIpc) is 2.39. The molecule has 0 aliphatic rings. The third kappa shape index (κ3) is 5.82. The van der Waals surface area contributed by atoms with Gasteiger partial charge in [-0.2, -0.15) is 0 Å². The molecule has 1 aromatic carbocycles. The van der Waals surface area contributed by atoms with Crippen LogP contribution >= 0.6 is 0 Å². The molecule has 18 heavy (non-hydrogen) atoms. The number of hydrogen-bond acceptors (Lipinski definition) is 2. The van der Waals surface area contributed by atoms with E-state index in [0.29, 0.717) is 0 Å². The number of nitrogens with one attached hydrogen (secondary N) is 2. The number of amides is 1. The molecule has 1 unspecified atom stereocenters. The number of benzene rings is 1. The molecular formula is C15H24N2O. The molecule has 1 atom stereocenters. The molecule has 0 fully saturated rings. The van der Waals surface area contributed by atoms with Gasteiger partial charge in [0.15, 0.2) is 0 Å². The predicted molar refractivity (Wildman–Crippen MR) is 75.0 cm³/mol. The third-order valence-electron chi connectivity index (χ3n) is 2.99. The molecule has 0 spiro atoms. The molecular weight excluding hydrogens is 224 g/mol. The van der Waals surface area contributed by atoms with Gasteiger partial charge in [0.05, 0.1) is 0 Å². The fraction of sp³-hybridized carbons (Fsp3) is 0.533. The summed E-state index contributed by atoms with van der Waals surface area (Å²) in [5, 5.41) is 0. The molecule has 1 aromatic rings. The van der Waals surface area contributed by atoms with Crippen LogP contribution in [0.2, 0.25) is 0 Å². The highest BCUT2D eigenvalue weighted by Gasteiger charge is 2.10. The van der Waals surface area contributed by atoms with Gasteiger partial charge in [0.25, 0.3) is 0 Å². The number of carbonyl (C=O) groups excluding carboxylic acids is 1. The molecule has 1 amide bonds. The predicted octanol–water partition coefficient (Wildman–Crippen LogP) is 2.68. The van der Waals surface area contributed by atoms with Crippen LogP contribution in [0.15, 0.2) is 30.3 Å². The lowest BCUT2D eigenvalue weighted by Gasteiger charge is -2.11. The van der Waals surface area contributed by atoms with Crippen molar-refractivity contribution in [2.45, 2.75) is 39.5 Å². The van der Waals surface area contributed by atoms with Crippen LogP contribution in [0.5, 0.6) is 0 Å². The number of carbonyl (C=O) groups is 1. The minimum atomic E-state index is 0.0940. The van der Waals surface area contributed by atoms with E-state index < -0.39 is 0 Å². The summed E-state index contributed by atoms with van der Waals surface area (Å²) < 4.78 is 0. The second kappa shape index (κ2) is 8.70. The van der Waals surface area contributed by atoms with E-state index in [9.17, 15) is 4.79 Å². The Kier molecular flexibility index (Phi) is 7.11. The van der Waals surface area contributed by atoms with Crippen molar-refractivity contribution in [3.8, 4) is 0 Å². The number of hydrogen-bond donors (Lipinski definition) is 2. The lowest BCUT2D eigenvalue weighted by Crippen LogP contribution is -2.41. The van der Waals surface area contributed by atoms with Gasteiger partial charge in [0.1, 0.15) is 0 Å². The Morgan fingerprint density at radius 1 is 1.28 bits per heavy atom. The summed E-state index contributed by atoms with van der Waals surface area (Å²) >= 11 is 0. The smallest absolute Gasteiger partial charge is 0.236 e. The summed E-state index contributed by atoms with van der Waals surface area (Å²) in [6, 6.07) is 10.4. The Balaban J connectivity index is 2.07. The monoisotopic (exact) mass is 248 g/mol. The van der Waals surface area contributed by atoms with Gasteiger partial charge in [-0.25, -0.2) is 5.43 Å². The van der Waals surface area contributed by atoms with Crippen LogP contribution in [0, 0.1) is 5.92 Å². The molecule has 0 aromatic heterocycles. The SMILES string of the molecule is CCCC(C)C(=O)NNCCCc1ccccc1. The Morgan fingerprint density at radius 2 is 2.00 bits per heavy atom. The summed E-state index contributed by atoms with van der Waals surface area (Å²) in [6.07, 6.45) is 4.04. The first kappa shape index (κ1) is 14.7. The van der Waals surface area contributed by atoms with Crippen molar-refractivity contribution in [1.29, 1.82) is 0 Å². The molecule has 0 heterocycles. The van der Waals surface area contributed by atoms with Crippen LogP contribution in [0.25, 0.3) is 0 Å². The van der Waals surface area contributed by atoms with Crippen molar-refractivity contribution in [3.63, 3.8) is 0 Å². The van der Waals surface area contributed by atoms with E-state index in [2.05, 4.69) is 42.0 Å². The van der Waals surface area contributed by atoms with Crippen molar-refractivity contribution in [3.05, 3.63) is 35.9 Å². The van der Waals surface area contributed by atoms with Crippen LogP contribution < -0.4 is 10.9 Å². The highest BCUT2D eigenvalue weighted by molar-refractivity contribution is 5.77. The number of hydrazine groups is 1. The van der Waals surface area contributed by atoms with Crippen molar-refractivity contribution in [1.82, 2.24) is 10.9 Å². The van der Waals surface area contributed by atoms with E-state index in [-0.39, 0.29) is 11.8 Å². The van der Waals surface area contributed by atoms with Crippen molar-refractivity contribution < 1.29 is 4.79 Å². The van der Waals surface area contributed by atoms with Crippen molar-refractivity contribution >= 4 is 5.91 Å². The van der Waals surface area contributed by atoms with Gasteiger partial charge in [-0.3, -0.25) is 10.2 Å². The highest BCUT2D eigenvalue weighted by Crippen LogP contribution is 2.04. The van der Waals surface area contributed by atoms with Gasteiger partial charge >= 0.3 is 0 Å². The number of rotatable bonds is 8. The molecule has 2 N–H and O–H groups in total. The molecule has 3 nitrogen and oxygen atoms in total. The van der Waals surface area contributed by atoms with Crippen molar-refractivity contribution in [2.24, 2.45) is 5.92 Å². The van der Waals surface area contributed by atoms with E-state index in [1.54, 1.807) is 0 Å². The molecule has 100 valence electrons. The Bertz CT molecular complexity index is 338. The van der Waals surface area contributed by atoms with Crippen LogP contribution in [0.4, 0.5) is 0 Å². The fourth-order valence-electron chi connectivity index (χ4n) is 1.86. The van der Waals surface area contributed by atoms with E-state index in [1.165, 1.54) is 5.56 Å². The molecule has 0 aliphatic heterocycles. The Hall–Kier alpha value is -1.35. The second-order valence-electron chi connectivity index (χ2n) is 4.69. The van der Waals surface area contributed by atoms with Gasteiger partial charge in [0, 0.05) is 12.5 Å². The maximum Gasteiger partial charge on any atom is 0.236 e. The zero-order valence-corrected chi connectivity index (χ0v) is 11.4. The zero-order chi connectivity index (χ0) is 13.2. The molecule has 1 rings (SSSR count). The van der Waals surface area contributed by atoms with Crippen LogP contribution in [0.1, 0.15) is 38.7 Å². The molecule has 0 saturated heterocycles. The quantitative estimate of drug-likeness (QED) is 0.548. The molecule has 3 heteroatoms. The van der Waals surface area contributed by atoms with Gasteiger partial charge in [-0.05, 0) is 24.8 Å². The Labute approximate surface area is 110 Å². The normalized spacial score (nSPS) is 12.1. The average molecular weight is 248 g/mol. The maximum atomic E-state index is 11.6. The first-order valence-electron chi connectivity index (χ1n) is 6.80. The Morgan fingerprint density at radius 3 is 2.67 bits per heavy atom. The third-order valence-corrected chi connectivity index (χ3v) is 2.99. The fourth-order valence-corrected chi connectivity index (χ4v) is 1.86. The van der Waals surface area contributed by atoms with E-state index in [4.69, 9.17) is 0 Å². The summed E-state index contributed by atoms with van der Waals surface area (Å²) in [6.45, 7) is 4.86. The van der Waals surface area contributed by atoms with Gasteiger partial charge < -0.3 is 0 Å². The van der Waals surface area contributed by atoms with E-state index >= 15 is 0 Å².